The van der Waals surface area contributed by atoms with Gasteiger partial charge in [0.1, 0.15) is 0 Å². The molecule has 0 aliphatic heterocycles. The van der Waals surface area contributed by atoms with Crippen LogP contribution in [0.1, 0.15) is 51.4 Å². The van der Waals surface area contributed by atoms with Crippen molar-refractivity contribution in [1.82, 2.24) is 9.88 Å². The van der Waals surface area contributed by atoms with E-state index in [4.69, 9.17) is 0 Å². The van der Waals surface area contributed by atoms with Crippen LogP contribution in [-0.4, -0.2) is 35.4 Å². The third-order valence-electron chi connectivity index (χ3n) is 3.08. The summed E-state index contributed by atoms with van der Waals surface area (Å²) in [5, 5.41) is 3.30. The molecule has 0 aromatic carbocycles. The van der Waals surface area contributed by atoms with E-state index < -0.39 is 0 Å². The summed E-state index contributed by atoms with van der Waals surface area (Å²) in [5.74, 6) is 1.02. The van der Waals surface area contributed by atoms with Crippen molar-refractivity contribution >= 4 is 11.6 Å². The van der Waals surface area contributed by atoms with Crippen molar-refractivity contribution in [2.24, 2.45) is 11.8 Å². The second-order valence-corrected chi connectivity index (χ2v) is 6.35. The molecule has 21 heavy (non-hydrogen) atoms. The normalized spacial score (nSPS) is 11.0. The van der Waals surface area contributed by atoms with Crippen molar-refractivity contribution in [2.45, 2.75) is 41.0 Å². The van der Waals surface area contributed by atoms with Crippen molar-refractivity contribution in [1.29, 1.82) is 0 Å². The molecule has 0 unspecified atom stereocenters. The molecule has 4 nitrogen and oxygen atoms in total. The number of carbonyl (C=O) groups excluding carboxylic acids is 1. The Morgan fingerprint density at radius 2 is 1.86 bits per heavy atom. The van der Waals surface area contributed by atoms with Gasteiger partial charge in [0, 0.05) is 25.8 Å². The highest BCUT2D eigenvalue weighted by Crippen LogP contribution is 2.18. The lowest BCUT2D eigenvalue weighted by Gasteiger charge is -2.27. The van der Waals surface area contributed by atoms with E-state index in [2.05, 4.69) is 44.9 Å². The molecule has 118 valence electrons. The van der Waals surface area contributed by atoms with Gasteiger partial charge >= 0.3 is 0 Å². The number of anilines is 1. The quantitative estimate of drug-likeness (QED) is 0.795. The number of nitrogens with one attached hydrogen (secondary N) is 1. The van der Waals surface area contributed by atoms with Crippen LogP contribution in [0.15, 0.2) is 18.5 Å². The number of amides is 1. The third kappa shape index (κ3) is 5.74. The van der Waals surface area contributed by atoms with Crippen molar-refractivity contribution in [3.8, 4) is 0 Å². The molecule has 4 heteroatoms. The largest absolute Gasteiger partial charge is 0.383 e. The molecule has 1 heterocycles. The molecule has 1 aromatic rings. The van der Waals surface area contributed by atoms with Gasteiger partial charge in [0.25, 0.3) is 5.91 Å². The average molecular weight is 291 g/mol. The van der Waals surface area contributed by atoms with E-state index in [9.17, 15) is 4.79 Å². The molecular weight excluding hydrogens is 262 g/mol. The van der Waals surface area contributed by atoms with Gasteiger partial charge < -0.3 is 10.2 Å². The minimum atomic E-state index is 0.0957. The Morgan fingerprint density at radius 3 is 2.38 bits per heavy atom. The number of pyridine rings is 1. The van der Waals surface area contributed by atoms with Crippen LogP contribution in [-0.2, 0) is 0 Å². The van der Waals surface area contributed by atoms with E-state index >= 15 is 0 Å². The number of hydrogen-bond acceptors (Lipinski definition) is 3. The van der Waals surface area contributed by atoms with Crippen LogP contribution in [0.4, 0.5) is 5.69 Å². The van der Waals surface area contributed by atoms with Gasteiger partial charge in [0.2, 0.25) is 0 Å². The minimum Gasteiger partial charge on any atom is -0.383 e. The van der Waals surface area contributed by atoms with Crippen LogP contribution in [0.2, 0.25) is 0 Å². The monoisotopic (exact) mass is 291 g/mol. The molecule has 0 saturated heterocycles. The minimum absolute atomic E-state index is 0.0957. The molecule has 0 atom stereocenters. The first-order chi connectivity index (χ1) is 9.95. The summed E-state index contributed by atoms with van der Waals surface area (Å²) >= 11 is 0. The Morgan fingerprint density at radius 1 is 1.24 bits per heavy atom. The fourth-order valence-electron chi connectivity index (χ4n) is 2.27. The van der Waals surface area contributed by atoms with Gasteiger partial charge in [-0.2, -0.15) is 0 Å². The summed E-state index contributed by atoms with van der Waals surface area (Å²) in [7, 11) is 0. The summed E-state index contributed by atoms with van der Waals surface area (Å²) in [4.78, 5) is 18.9. The molecule has 1 rings (SSSR count). The summed E-state index contributed by atoms with van der Waals surface area (Å²) in [6.45, 7) is 13.1. The molecule has 0 fully saturated rings. The van der Waals surface area contributed by atoms with Crippen LogP contribution >= 0.6 is 0 Å². The van der Waals surface area contributed by atoms with E-state index in [0.717, 1.165) is 37.3 Å². The van der Waals surface area contributed by atoms with E-state index in [-0.39, 0.29) is 5.91 Å². The van der Waals surface area contributed by atoms with Gasteiger partial charge in [0.05, 0.1) is 17.4 Å². The lowest BCUT2D eigenvalue weighted by Crippen LogP contribution is -2.37. The number of nitrogens with zero attached hydrogens (tertiary/aromatic N) is 2. The van der Waals surface area contributed by atoms with Crippen molar-refractivity contribution in [2.75, 3.05) is 25.0 Å². The van der Waals surface area contributed by atoms with Gasteiger partial charge in [-0.15, -0.1) is 0 Å². The van der Waals surface area contributed by atoms with E-state index in [1.165, 1.54) is 0 Å². The second-order valence-electron chi connectivity index (χ2n) is 6.35. The molecule has 0 aliphatic rings. The Labute approximate surface area is 129 Å². The fraction of sp³-hybridized carbons (Fsp3) is 0.647. The Balaban J connectivity index is 2.96. The van der Waals surface area contributed by atoms with E-state index in [1.807, 2.05) is 11.0 Å². The third-order valence-corrected chi connectivity index (χ3v) is 3.08. The maximum atomic E-state index is 12.9. The topological polar surface area (TPSA) is 45.2 Å². The average Bonchev–Trinajstić information content (AvgIpc) is 2.43. The van der Waals surface area contributed by atoms with Crippen molar-refractivity contribution in [3.63, 3.8) is 0 Å². The van der Waals surface area contributed by atoms with Gasteiger partial charge in [-0.1, -0.05) is 34.6 Å². The molecule has 1 aromatic heterocycles. The second kappa shape index (κ2) is 8.65. The molecule has 0 bridgehead atoms. The Hall–Kier alpha value is -1.58. The predicted octanol–water partition coefficient (Wildman–Crippen LogP) is 3.66. The van der Waals surface area contributed by atoms with Crippen molar-refractivity contribution < 1.29 is 4.79 Å². The smallest absolute Gasteiger partial charge is 0.256 e. The van der Waals surface area contributed by atoms with E-state index in [1.54, 1.807) is 12.4 Å². The Bertz CT molecular complexity index is 433. The highest BCUT2D eigenvalue weighted by Gasteiger charge is 2.20. The molecule has 1 N–H and O–H groups in total. The van der Waals surface area contributed by atoms with Crippen molar-refractivity contribution in [3.05, 3.63) is 24.0 Å². The predicted molar refractivity (Wildman–Crippen MR) is 88.6 cm³/mol. The summed E-state index contributed by atoms with van der Waals surface area (Å²) in [6, 6.07) is 1.81. The summed E-state index contributed by atoms with van der Waals surface area (Å²) in [6.07, 6.45) is 4.45. The molecule has 1 amide bonds. The molecule has 0 saturated carbocycles. The van der Waals surface area contributed by atoms with Crippen LogP contribution in [0.3, 0.4) is 0 Å². The lowest BCUT2D eigenvalue weighted by atomic mass is 10.1. The molecule has 0 radical (unpaired) electrons. The first-order valence-electron chi connectivity index (χ1n) is 7.92. The number of aromatic nitrogens is 1. The first kappa shape index (κ1) is 17.5. The highest BCUT2D eigenvalue weighted by molar-refractivity contribution is 5.99. The molecule has 0 aliphatic carbocycles. The summed E-state index contributed by atoms with van der Waals surface area (Å²) < 4.78 is 0. The fourth-order valence-corrected chi connectivity index (χ4v) is 2.27. The first-order valence-corrected chi connectivity index (χ1v) is 7.92. The maximum Gasteiger partial charge on any atom is 0.256 e. The zero-order valence-electron chi connectivity index (χ0n) is 14.0. The van der Waals surface area contributed by atoms with Crippen LogP contribution < -0.4 is 5.32 Å². The van der Waals surface area contributed by atoms with E-state index in [0.29, 0.717) is 11.8 Å². The molecular formula is C17H29N3O. The van der Waals surface area contributed by atoms with Gasteiger partial charge in [-0.25, -0.2) is 0 Å². The van der Waals surface area contributed by atoms with Gasteiger partial charge in [-0.3, -0.25) is 9.78 Å². The zero-order chi connectivity index (χ0) is 15.8. The van der Waals surface area contributed by atoms with Gasteiger partial charge in [-0.05, 0) is 24.3 Å². The van der Waals surface area contributed by atoms with Crippen LogP contribution in [0.25, 0.3) is 0 Å². The SMILES string of the molecule is CCCNc1cnccc1C(=O)N(CC(C)C)CC(C)C. The van der Waals surface area contributed by atoms with Gasteiger partial charge in [0.15, 0.2) is 0 Å². The summed E-state index contributed by atoms with van der Waals surface area (Å²) in [5.41, 5.74) is 1.56. The van der Waals surface area contributed by atoms with Crippen LogP contribution in [0.5, 0.6) is 0 Å². The van der Waals surface area contributed by atoms with Crippen LogP contribution in [0, 0.1) is 11.8 Å². The zero-order valence-corrected chi connectivity index (χ0v) is 14.0. The lowest BCUT2D eigenvalue weighted by molar-refractivity contribution is 0.0716. The Kier molecular flexibility index (Phi) is 7.20. The highest BCUT2D eigenvalue weighted by atomic mass is 16.2. The standard InChI is InChI=1S/C17H29N3O/c1-6-8-19-16-10-18-9-7-15(16)17(21)20(11-13(2)3)12-14(4)5/h7,9-10,13-14,19H,6,8,11-12H2,1-5H3. The number of rotatable bonds is 8. The number of carbonyl (C=O) groups is 1. The maximum absolute atomic E-state index is 12.9. The number of hydrogen-bond donors (Lipinski definition) is 1. The molecule has 0 spiro atoms.